The smallest absolute Gasteiger partial charge is 0.185 e. The molecule has 1 aromatic heterocycles. The Labute approximate surface area is 131 Å². The minimum Gasteiger partial charge on any atom is -0.289 e. The second-order valence-electron chi connectivity index (χ2n) is 4.66. The number of benzene rings is 2. The number of hydrogen-bond acceptors (Lipinski definition) is 2. The number of pyridine rings is 1. The standard InChI is InChI=1S/C18H12BrNO/c19-16-7-5-14(6-8-16)18(21)10-4-13-3-9-17-15(12-13)2-1-11-20-17/h1-12H/b10-4-. The minimum atomic E-state index is -0.00576. The third kappa shape index (κ3) is 3.26. The fourth-order valence-electron chi connectivity index (χ4n) is 2.08. The highest BCUT2D eigenvalue weighted by Crippen LogP contribution is 2.15. The van der Waals surface area contributed by atoms with Crippen molar-refractivity contribution in [2.45, 2.75) is 0 Å². The highest BCUT2D eigenvalue weighted by molar-refractivity contribution is 9.10. The first kappa shape index (κ1) is 13.7. The molecule has 2 aromatic carbocycles. The van der Waals surface area contributed by atoms with E-state index >= 15 is 0 Å². The molecule has 102 valence electrons. The predicted octanol–water partition coefficient (Wildman–Crippen LogP) is 4.89. The summed E-state index contributed by atoms with van der Waals surface area (Å²) >= 11 is 3.36. The van der Waals surface area contributed by atoms with Gasteiger partial charge < -0.3 is 0 Å². The van der Waals surface area contributed by atoms with Crippen molar-refractivity contribution in [1.82, 2.24) is 4.98 Å². The zero-order chi connectivity index (χ0) is 14.7. The molecule has 2 nitrogen and oxygen atoms in total. The molecule has 21 heavy (non-hydrogen) atoms. The average Bonchev–Trinajstić information content (AvgIpc) is 2.53. The Morgan fingerprint density at radius 1 is 1.05 bits per heavy atom. The van der Waals surface area contributed by atoms with Crippen molar-refractivity contribution < 1.29 is 4.79 Å². The van der Waals surface area contributed by atoms with Gasteiger partial charge in [-0.1, -0.05) is 34.1 Å². The van der Waals surface area contributed by atoms with E-state index in [0.717, 1.165) is 20.9 Å². The van der Waals surface area contributed by atoms with Crippen LogP contribution in [-0.2, 0) is 0 Å². The zero-order valence-corrected chi connectivity index (χ0v) is 12.7. The first-order valence-electron chi connectivity index (χ1n) is 6.55. The SMILES string of the molecule is O=C(/C=C\c1ccc2ncccc2c1)c1ccc(Br)cc1. The monoisotopic (exact) mass is 337 g/mol. The van der Waals surface area contributed by atoms with Crippen molar-refractivity contribution >= 4 is 38.7 Å². The van der Waals surface area contributed by atoms with Gasteiger partial charge in [-0.25, -0.2) is 0 Å². The zero-order valence-electron chi connectivity index (χ0n) is 11.2. The maximum atomic E-state index is 12.1. The molecule has 0 saturated heterocycles. The fourth-order valence-corrected chi connectivity index (χ4v) is 2.34. The molecule has 0 amide bonds. The molecular formula is C18H12BrNO. The Morgan fingerprint density at radius 2 is 1.86 bits per heavy atom. The summed E-state index contributed by atoms with van der Waals surface area (Å²) in [7, 11) is 0. The van der Waals surface area contributed by atoms with Gasteiger partial charge in [0, 0.05) is 21.6 Å². The Kier molecular flexibility index (Phi) is 3.93. The largest absolute Gasteiger partial charge is 0.289 e. The van der Waals surface area contributed by atoms with E-state index < -0.39 is 0 Å². The lowest BCUT2D eigenvalue weighted by Gasteiger charge is -1.99. The van der Waals surface area contributed by atoms with Crippen LogP contribution in [0.1, 0.15) is 15.9 Å². The summed E-state index contributed by atoms with van der Waals surface area (Å²) in [6.07, 6.45) is 5.20. The van der Waals surface area contributed by atoms with Crippen LogP contribution < -0.4 is 0 Å². The first-order valence-corrected chi connectivity index (χ1v) is 7.34. The Morgan fingerprint density at radius 3 is 2.67 bits per heavy atom. The van der Waals surface area contributed by atoms with Crippen molar-refractivity contribution in [3.8, 4) is 0 Å². The summed E-state index contributed by atoms with van der Waals surface area (Å²) in [6, 6.07) is 17.2. The van der Waals surface area contributed by atoms with Crippen molar-refractivity contribution in [1.29, 1.82) is 0 Å². The summed E-state index contributed by atoms with van der Waals surface area (Å²) in [5.41, 5.74) is 2.62. The van der Waals surface area contributed by atoms with Crippen LogP contribution in [0.4, 0.5) is 0 Å². The van der Waals surface area contributed by atoms with Gasteiger partial charge in [-0.05, 0) is 54.1 Å². The molecule has 3 aromatic rings. The normalized spacial score (nSPS) is 11.1. The number of carbonyl (C=O) groups excluding carboxylic acids is 1. The van der Waals surface area contributed by atoms with E-state index in [4.69, 9.17) is 0 Å². The van der Waals surface area contributed by atoms with Crippen LogP contribution in [0, 0.1) is 0 Å². The molecule has 0 atom stereocenters. The van der Waals surface area contributed by atoms with E-state index in [2.05, 4.69) is 20.9 Å². The molecule has 0 fully saturated rings. The van der Waals surface area contributed by atoms with E-state index in [-0.39, 0.29) is 5.78 Å². The van der Waals surface area contributed by atoms with Crippen molar-refractivity contribution in [2.75, 3.05) is 0 Å². The van der Waals surface area contributed by atoms with E-state index in [9.17, 15) is 4.79 Å². The molecule has 0 spiro atoms. The summed E-state index contributed by atoms with van der Waals surface area (Å²) < 4.78 is 0.963. The summed E-state index contributed by atoms with van der Waals surface area (Å²) in [5.74, 6) is -0.00576. The van der Waals surface area contributed by atoms with Crippen LogP contribution in [0.2, 0.25) is 0 Å². The second kappa shape index (κ2) is 6.02. The molecule has 3 rings (SSSR count). The topological polar surface area (TPSA) is 30.0 Å². The van der Waals surface area contributed by atoms with Crippen LogP contribution >= 0.6 is 15.9 Å². The number of ketones is 1. The number of nitrogens with zero attached hydrogens (tertiary/aromatic N) is 1. The van der Waals surface area contributed by atoms with Gasteiger partial charge in [0.25, 0.3) is 0 Å². The van der Waals surface area contributed by atoms with Gasteiger partial charge in [0.2, 0.25) is 0 Å². The van der Waals surface area contributed by atoms with Crippen LogP contribution in [0.3, 0.4) is 0 Å². The molecule has 0 aliphatic rings. The minimum absolute atomic E-state index is 0.00576. The van der Waals surface area contributed by atoms with E-state index in [1.54, 1.807) is 24.4 Å². The van der Waals surface area contributed by atoms with Crippen LogP contribution in [0.15, 0.2) is 71.3 Å². The number of allylic oxidation sites excluding steroid dienone is 1. The highest BCUT2D eigenvalue weighted by atomic mass is 79.9. The lowest BCUT2D eigenvalue weighted by molar-refractivity contribution is 0.104. The second-order valence-corrected chi connectivity index (χ2v) is 5.58. The first-order chi connectivity index (χ1) is 10.2. The van der Waals surface area contributed by atoms with Gasteiger partial charge in [0.1, 0.15) is 0 Å². The summed E-state index contributed by atoms with van der Waals surface area (Å²) in [5, 5.41) is 1.07. The van der Waals surface area contributed by atoms with Crippen LogP contribution in [0.25, 0.3) is 17.0 Å². The maximum Gasteiger partial charge on any atom is 0.185 e. The highest BCUT2D eigenvalue weighted by Gasteiger charge is 2.01. The van der Waals surface area contributed by atoms with Crippen LogP contribution in [-0.4, -0.2) is 10.8 Å². The van der Waals surface area contributed by atoms with Crippen LogP contribution in [0.5, 0.6) is 0 Å². The number of halogens is 1. The van der Waals surface area contributed by atoms with E-state index in [1.807, 2.05) is 48.5 Å². The molecule has 0 aliphatic heterocycles. The van der Waals surface area contributed by atoms with Crippen molar-refractivity contribution in [3.63, 3.8) is 0 Å². The Bertz CT molecular complexity index is 822. The molecule has 3 heteroatoms. The quantitative estimate of drug-likeness (QED) is 0.503. The molecule has 0 unspecified atom stereocenters. The molecular weight excluding hydrogens is 326 g/mol. The third-order valence-electron chi connectivity index (χ3n) is 3.18. The lowest BCUT2D eigenvalue weighted by Crippen LogP contribution is -1.93. The maximum absolute atomic E-state index is 12.1. The Hall–Kier alpha value is -2.26. The number of rotatable bonds is 3. The molecule has 0 saturated carbocycles. The predicted molar refractivity (Wildman–Crippen MR) is 89.2 cm³/mol. The van der Waals surface area contributed by atoms with Crippen molar-refractivity contribution in [3.05, 3.63) is 82.5 Å². The van der Waals surface area contributed by atoms with Crippen molar-refractivity contribution in [2.24, 2.45) is 0 Å². The average molecular weight is 338 g/mol. The number of fused-ring (bicyclic) bond motifs is 1. The lowest BCUT2D eigenvalue weighted by atomic mass is 10.1. The molecule has 0 bridgehead atoms. The number of hydrogen-bond donors (Lipinski definition) is 0. The van der Waals surface area contributed by atoms with Gasteiger partial charge in [-0.15, -0.1) is 0 Å². The summed E-state index contributed by atoms with van der Waals surface area (Å²) in [4.78, 5) is 16.4. The van der Waals surface area contributed by atoms with Gasteiger partial charge in [-0.2, -0.15) is 0 Å². The van der Waals surface area contributed by atoms with Gasteiger partial charge in [0.05, 0.1) is 5.52 Å². The molecule has 0 radical (unpaired) electrons. The summed E-state index contributed by atoms with van der Waals surface area (Å²) in [6.45, 7) is 0. The molecule has 0 N–H and O–H groups in total. The number of aromatic nitrogens is 1. The molecule has 0 aliphatic carbocycles. The number of carbonyl (C=O) groups is 1. The van der Waals surface area contributed by atoms with Gasteiger partial charge in [-0.3, -0.25) is 9.78 Å². The fraction of sp³-hybridized carbons (Fsp3) is 0. The van der Waals surface area contributed by atoms with E-state index in [0.29, 0.717) is 5.56 Å². The van der Waals surface area contributed by atoms with E-state index in [1.165, 1.54) is 0 Å². The Balaban J connectivity index is 1.83. The third-order valence-corrected chi connectivity index (χ3v) is 3.71. The molecule has 1 heterocycles. The van der Waals surface area contributed by atoms with Gasteiger partial charge >= 0.3 is 0 Å². The van der Waals surface area contributed by atoms with Gasteiger partial charge in [0.15, 0.2) is 5.78 Å².